The van der Waals surface area contributed by atoms with Gasteiger partial charge in [-0.15, -0.1) is 0 Å². The maximum atomic E-state index is 10.3. The standard InChI is InChI=1S/C7H15NO2S.Na.Si/c1-2-3-4-8-6(5-11)7(9)10;;/h6,8,11H,2-5H2,1H3,(H,9,10);;/q;+1;/p-1. The first-order valence-corrected chi connectivity index (χ1v) is 4.40. The molecular formula is C7H14NNaO2SSi. The summed E-state index contributed by atoms with van der Waals surface area (Å²) >= 11 is 3.87. The van der Waals surface area contributed by atoms with Crippen molar-refractivity contribution < 1.29 is 39.5 Å². The van der Waals surface area contributed by atoms with Crippen LogP contribution in [0.25, 0.3) is 0 Å². The number of rotatable bonds is 6. The van der Waals surface area contributed by atoms with Gasteiger partial charge in [-0.25, -0.2) is 0 Å². The average molecular weight is 227 g/mol. The minimum absolute atomic E-state index is 0. The monoisotopic (exact) mass is 227 g/mol. The molecule has 0 aromatic rings. The fraction of sp³-hybridized carbons (Fsp3) is 0.857. The molecule has 0 saturated heterocycles. The third kappa shape index (κ3) is 10.9. The summed E-state index contributed by atoms with van der Waals surface area (Å²) in [4.78, 5) is 10.3. The molecule has 0 aliphatic heterocycles. The van der Waals surface area contributed by atoms with E-state index < -0.39 is 12.0 Å². The summed E-state index contributed by atoms with van der Waals surface area (Å²) < 4.78 is 0. The van der Waals surface area contributed by atoms with Crippen molar-refractivity contribution in [2.45, 2.75) is 25.8 Å². The number of carbonyl (C=O) groups excluding carboxylic acids is 1. The zero-order chi connectivity index (χ0) is 8.69. The number of carbonyl (C=O) groups is 1. The van der Waals surface area contributed by atoms with Crippen molar-refractivity contribution in [3.8, 4) is 0 Å². The molecule has 13 heavy (non-hydrogen) atoms. The van der Waals surface area contributed by atoms with Crippen LogP contribution in [0.1, 0.15) is 19.8 Å². The molecule has 0 saturated carbocycles. The zero-order valence-corrected chi connectivity index (χ0v) is 12.1. The summed E-state index contributed by atoms with van der Waals surface area (Å²) in [6, 6.07) is -0.607. The van der Waals surface area contributed by atoms with Crippen molar-refractivity contribution in [3.05, 3.63) is 0 Å². The molecule has 1 N–H and O–H groups in total. The molecule has 0 bridgehead atoms. The number of hydrogen-bond acceptors (Lipinski definition) is 4. The number of aliphatic carboxylic acids is 1. The molecule has 1 unspecified atom stereocenters. The number of unbranched alkanes of at least 4 members (excludes halogenated alkanes) is 1. The van der Waals surface area contributed by atoms with Crippen LogP contribution in [0.3, 0.4) is 0 Å². The first kappa shape index (κ1) is 19.6. The molecule has 0 aliphatic rings. The Morgan fingerprint density at radius 1 is 1.62 bits per heavy atom. The molecule has 0 aromatic heterocycles. The fourth-order valence-electron chi connectivity index (χ4n) is 0.675. The smallest absolute Gasteiger partial charge is 0.548 e. The van der Waals surface area contributed by atoms with Gasteiger partial charge in [0.05, 0.1) is 12.0 Å². The Hall–Kier alpha value is 0.997. The van der Waals surface area contributed by atoms with Gasteiger partial charge in [0.2, 0.25) is 0 Å². The summed E-state index contributed by atoms with van der Waals surface area (Å²) in [5.74, 6) is -0.789. The van der Waals surface area contributed by atoms with Gasteiger partial charge in [0.1, 0.15) is 0 Å². The van der Waals surface area contributed by atoms with Gasteiger partial charge < -0.3 is 15.2 Å². The van der Waals surface area contributed by atoms with E-state index in [1.807, 2.05) is 0 Å². The van der Waals surface area contributed by atoms with E-state index in [-0.39, 0.29) is 46.3 Å². The molecule has 0 fully saturated rings. The maximum Gasteiger partial charge on any atom is 1.00 e. The minimum atomic E-state index is -1.07. The number of nitrogens with one attached hydrogen (secondary N) is 1. The second-order valence-corrected chi connectivity index (χ2v) is 2.73. The Labute approximate surface area is 112 Å². The summed E-state index contributed by atoms with van der Waals surface area (Å²) in [7, 11) is 0. The van der Waals surface area contributed by atoms with Crippen LogP contribution in [0, 0.1) is 0 Å². The van der Waals surface area contributed by atoms with Crippen LogP contribution in [0.5, 0.6) is 0 Å². The molecule has 0 spiro atoms. The Morgan fingerprint density at radius 2 is 2.15 bits per heavy atom. The number of thiol groups is 1. The van der Waals surface area contributed by atoms with E-state index in [2.05, 4.69) is 24.9 Å². The fourth-order valence-corrected chi connectivity index (χ4v) is 0.954. The van der Waals surface area contributed by atoms with Crippen LogP contribution in [-0.4, -0.2) is 35.3 Å². The normalized spacial score (nSPS) is 10.9. The van der Waals surface area contributed by atoms with Crippen LogP contribution in [0.15, 0.2) is 0 Å². The SMILES string of the molecule is CCCCNC(CS)C(=O)[O-].[Na+].[Si]. The Bertz CT molecular complexity index is 129. The second kappa shape index (κ2) is 13.0. The molecule has 0 aliphatic carbocycles. The third-order valence-electron chi connectivity index (χ3n) is 1.39. The Balaban J connectivity index is -0.000000500. The van der Waals surface area contributed by atoms with Gasteiger partial charge in [0.15, 0.2) is 0 Å². The molecule has 6 heteroatoms. The molecule has 0 heterocycles. The van der Waals surface area contributed by atoms with E-state index in [0.717, 1.165) is 19.4 Å². The molecule has 4 radical (unpaired) electrons. The molecule has 0 aromatic carbocycles. The molecule has 70 valence electrons. The largest absolute Gasteiger partial charge is 1.00 e. The van der Waals surface area contributed by atoms with E-state index in [1.165, 1.54) is 0 Å². The van der Waals surface area contributed by atoms with Gasteiger partial charge in [-0.2, -0.15) is 12.6 Å². The third-order valence-corrected chi connectivity index (χ3v) is 1.75. The summed E-state index contributed by atoms with van der Waals surface area (Å²) in [5, 5.41) is 13.1. The predicted molar refractivity (Wildman–Crippen MR) is 51.3 cm³/mol. The predicted octanol–water partition coefficient (Wildman–Crippen LogP) is -3.95. The number of carboxylic acids is 1. The van der Waals surface area contributed by atoms with Gasteiger partial charge in [-0.1, -0.05) is 13.3 Å². The first-order chi connectivity index (χ1) is 5.22. The molecule has 1 atom stereocenters. The molecular weight excluding hydrogens is 213 g/mol. The van der Waals surface area contributed by atoms with E-state index in [9.17, 15) is 9.90 Å². The van der Waals surface area contributed by atoms with Crippen molar-refractivity contribution in [2.24, 2.45) is 0 Å². The van der Waals surface area contributed by atoms with Gasteiger partial charge >= 0.3 is 29.6 Å². The van der Waals surface area contributed by atoms with Gasteiger partial charge in [-0.3, -0.25) is 0 Å². The topological polar surface area (TPSA) is 52.2 Å². The van der Waals surface area contributed by atoms with E-state index >= 15 is 0 Å². The van der Waals surface area contributed by atoms with Crippen molar-refractivity contribution in [3.63, 3.8) is 0 Å². The van der Waals surface area contributed by atoms with E-state index in [4.69, 9.17) is 0 Å². The van der Waals surface area contributed by atoms with Gasteiger partial charge in [0.25, 0.3) is 0 Å². The molecule has 0 amide bonds. The average Bonchev–Trinajstić information content (AvgIpc) is 1.97. The summed E-state index contributed by atoms with van der Waals surface area (Å²) in [6.45, 7) is 2.77. The Kier molecular flexibility index (Phi) is 19.5. The van der Waals surface area contributed by atoms with Crippen LogP contribution in [-0.2, 0) is 4.79 Å². The summed E-state index contributed by atoms with van der Waals surface area (Å²) in [5.41, 5.74) is 0. The van der Waals surface area contributed by atoms with Crippen molar-refractivity contribution in [1.82, 2.24) is 5.32 Å². The Morgan fingerprint density at radius 3 is 2.46 bits per heavy atom. The van der Waals surface area contributed by atoms with Crippen molar-refractivity contribution in [1.29, 1.82) is 0 Å². The van der Waals surface area contributed by atoms with Crippen LogP contribution in [0.4, 0.5) is 0 Å². The van der Waals surface area contributed by atoms with Crippen LogP contribution >= 0.6 is 12.6 Å². The van der Waals surface area contributed by atoms with Crippen LogP contribution in [0.2, 0.25) is 0 Å². The maximum absolute atomic E-state index is 10.3. The zero-order valence-electron chi connectivity index (χ0n) is 8.17. The van der Waals surface area contributed by atoms with E-state index in [0.29, 0.717) is 0 Å². The van der Waals surface area contributed by atoms with Crippen molar-refractivity contribution >= 4 is 29.6 Å². The quantitative estimate of drug-likeness (QED) is 0.277. The van der Waals surface area contributed by atoms with E-state index in [1.54, 1.807) is 0 Å². The van der Waals surface area contributed by atoms with Crippen molar-refractivity contribution in [2.75, 3.05) is 12.3 Å². The summed E-state index contributed by atoms with van der Waals surface area (Å²) in [6.07, 6.45) is 2.04. The molecule has 0 rings (SSSR count). The first-order valence-electron chi connectivity index (χ1n) is 3.77. The van der Waals surface area contributed by atoms with Crippen LogP contribution < -0.4 is 40.0 Å². The number of hydrogen-bond donors (Lipinski definition) is 2. The minimum Gasteiger partial charge on any atom is -0.548 e. The van der Waals surface area contributed by atoms with Gasteiger partial charge in [0, 0.05) is 16.7 Å². The number of carboxylic acid groups (broad SMARTS) is 1. The molecule has 3 nitrogen and oxygen atoms in total. The van der Waals surface area contributed by atoms with Gasteiger partial charge in [-0.05, 0) is 13.0 Å². The second-order valence-electron chi connectivity index (χ2n) is 2.36.